The number of nitrogens with zero attached hydrogens (tertiary/aromatic N) is 1. The third kappa shape index (κ3) is 3.80. The molecule has 2 atom stereocenters. The van der Waals surface area contributed by atoms with Gasteiger partial charge in [-0.05, 0) is 66.5 Å². The summed E-state index contributed by atoms with van der Waals surface area (Å²) in [5.74, 6) is -2.94. The van der Waals surface area contributed by atoms with Gasteiger partial charge in [-0.3, -0.25) is 4.79 Å². The Morgan fingerprint density at radius 1 is 0.833 bits per heavy atom. The number of carbonyl (C=O) groups is 2. The monoisotopic (exact) mass is 487 g/mol. The van der Waals surface area contributed by atoms with Crippen molar-refractivity contribution in [3.8, 4) is 11.1 Å². The predicted octanol–water partition coefficient (Wildman–Crippen LogP) is 6.73. The van der Waals surface area contributed by atoms with Gasteiger partial charge in [0.25, 0.3) is 0 Å². The number of hydrogen-bond donors (Lipinski definition) is 0. The van der Waals surface area contributed by atoms with E-state index in [-0.39, 0.29) is 42.0 Å². The zero-order valence-corrected chi connectivity index (χ0v) is 19.8. The third-order valence-electron chi connectivity index (χ3n) is 8.11. The summed E-state index contributed by atoms with van der Waals surface area (Å²) >= 11 is 0. The molecule has 3 aromatic carbocycles. The molecule has 0 radical (unpaired) electrons. The van der Waals surface area contributed by atoms with Crippen molar-refractivity contribution in [1.82, 2.24) is 4.90 Å². The van der Waals surface area contributed by atoms with Crippen LogP contribution in [0.4, 0.5) is 13.6 Å². The fourth-order valence-corrected chi connectivity index (χ4v) is 6.48. The van der Waals surface area contributed by atoms with Crippen LogP contribution in [0.5, 0.6) is 0 Å². The molecule has 2 heterocycles. The molecule has 2 unspecified atom stereocenters. The van der Waals surface area contributed by atoms with Gasteiger partial charge in [-0.15, -0.1) is 0 Å². The van der Waals surface area contributed by atoms with Crippen LogP contribution in [0.1, 0.15) is 59.5 Å². The van der Waals surface area contributed by atoms with Crippen LogP contribution in [0.3, 0.4) is 0 Å². The predicted molar refractivity (Wildman–Crippen MR) is 132 cm³/mol. The normalized spacial score (nSPS) is 22.6. The summed E-state index contributed by atoms with van der Waals surface area (Å²) in [5, 5.41) is 0. The molecule has 1 aliphatic carbocycles. The molecular formula is C30H27F2NO3. The number of ketones is 1. The summed E-state index contributed by atoms with van der Waals surface area (Å²) in [7, 11) is 0. The lowest BCUT2D eigenvalue weighted by Gasteiger charge is -2.47. The summed E-state index contributed by atoms with van der Waals surface area (Å²) in [4.78, 5) is 28.2. The minimum absolute atomic E-state index is 0.0174. The Bertz CT molecular complexity index is 1280. The van der Waals surface area contributed by atoms with Crippen LogP contribution < -0.4 is 0 Å². The highest BCUT2D eigenvalue weighted by atomic mass is 19.2. The number of ether oxygens (including phenoxy) is 1. The number of carbonyl (C=O) groups excluding carboxylic acids is 2. The van der Waals surface area contributed by atoms with Crippen molar-refractivity contribution < 1.29 is 23.1 Å². The molecule has 6 rings (SSSR count). The van der Waals surface area contributed by atoms with Gasteiger partial charge >= 0.3 is 6.09 Å². The number of halogens is 2. The van der Waals surface area contributed by atoms with Crippen LogP contribution in [-0.4, -0.2) is 35.5 Å². The smallest absolute Gasteiger partial charge is 0.410 e. The first-order valence-electron chi connectivity index (χ1n) is 12.6. The molecule has 6 heteroatoms. The Morgan fingerprint density at radius 2 is 1.44 bits per heavy atom. The molecule has 184 valence electrons. The van der Waals surface area contributed by atoms with Crippen molar-refractivity contribution in [2.75, 3.05) is 6.61 Å². The van der Waals surface area contributed by atoms with Crippen LogP contribution >= 0.6 is 0 Å². The number of amides is 1. The van der Waals surface area contributed by atoms with Crippen molar-refractivity contribution in [3.05, 3.63) is 95.1 Å². The third-order valence-corrected chi connectivity index (χ3v) is 8.11. The van der Waals surface area contributed by atoms with Gasteiger partial charge in [-0.25, -0.2) is 13.6 Å². The van der Waals surface area contributed by atoms with E-state index in [1.165, 1.54) is 23.3 Å². The number of Topliss-reactive ketones (excluding diaryl/α,β-unsaturated/α-hetero) is 1. The highest BCUT2D eigenvalue weighted by Gasteiger charge is 2.44. The number of rotatable bonds is 4. The fourth-order valence-electron chi connectivity index (χ4n) is 6.48. The molecule has 2 bridgehead atoms. The number of hydrogen-bond acceptors (Lipinski definition) is 3. The van der Waals surface area contributed by atoms with Gasteiger partial charge in [0, 0.05) is 23.9 Å². The maximum absolute atomic E-state index is 14.3. The maximum Gasteiger partial charge on any atom is 0.410 e. The minimum atomic E-state index is -1.09. The SMILES string of the molecule is O=C(c1cccc(F)c1F)C1CC2CCCC(C1)N2C(=O)OCC1c2ccccc2-c2ccccc21. The quantitative estimate of drug-likeness (QED) is 0.384. The molecule has 36 heavy (non-hydrogen) atoms. The molecule has 3 aromatic rings. The van der Waals surface area contributed by atoms with E-state index < -0.39 is 17.6 Å². The van der Waals surface area contributed by atoms with E-state index in [9.17, 15) is 18.4 Å². The van der Waals surface area contributed by atoms with E-state index in [2.05, 4.69) is 24.3 Å². The zero-order valence-electron chi connectivity index (χ0n) is 19.8. The topological polar surface area (TPSA) is 46.6 Å². The largest absolute Gasteiger partial charge is 0.448 e. The molecule has 3 aliphatic rings. The molecule has 0 N–H and O–H groups in total. The number of piperidine rings is 2. The lowest BCUT2D eigenvalue weighted by atomic mass is 9.76. The average molecular weight is 488 g/mol. The summed E-state index contributed by atoms with van der Waals surface area (Å²) in [6, 6.07) is 19.9. The van der Waals surface area contributed by atoms with E-state index in [0.29, 0.717) is 12.8 Å². The van der Waals surface area contributed by atoms with Crippen LogP contribution in [0, 0.1) is 17.6 Å². The second kappa shape index (κ2) is 9.16. The van der Waals surface area contributed by atoms with Crippen molar-refractivity contribution in [3.63, 3.8) is 0 Å². The standard InChI is InChI=1S/C30H27F2NO3/c31-27-14-6-13-25(28(27)32)29(34)18-15-19-7-5-8-20(16-18)33(19)30(35)36-17-26-23-11-3-1-9-21(23)22-10-2-4-12-24(22)26/h1-4,6,9-14,18-20,26H,5,7-8,15-17H2. The Hall–Kier alpha value is -3.54. The zero-order chi connectivity index (χ0) is 24.8. The van der Waals surface area contributed by atoms with E-state index in [1.54, 1.807) is 0 Å². The van der Waals surface area contributed by atoms with Gasteiger partial charge in [-0.2, -0.15) is 0 Å². The van der Waals surface area contributed by atoms with Crippen LogP contribution in [0.25, 0.3) is 11.1 Å². The van der Waals surface area contributed by atoms with Gasteiger partial charge in [0.2, 0.25) is 0 Å². The van der Waals surface area contributed by atoms with Gasteiger partial charge in [0.1, 0.15) is 6.61 Å². The molecule has 2 saturated heterocycles. The molecule has 0 spiro atoms. The van der Waals surface area contributed by atoms with Gasteiger partial charge in [0.05, 0.1) is 5.56 Å². The first kappa shape index (κ1) is 22.9. The van der Waals surface area contributed by atoms with Gasteiger partial charge in [-0.1, -0.05) is 54.6 Å². The van der Waals surface area contributed by atoms with E-state index in [0.717, 1.165) is 36.5 Å². The van der Waals surface area contributed by atoms with Crippen LogP contribution in [0.2, 0.25) is 0 Å². The maximum atomic E-state index is 14.3. The Balaban J connectivity index is 1.17. The first-order chi connectivity index (χ1) is 17.5. The summed E-state index contributed by atoms with van der Waals surface area (Å²) in [5.41, 5.74) is 4.47. The highest BCUT2D eigenvalue weighted by Crippen LogP contribution is 2.45. The number of fused-ring (bicyclic) bond motifs is 5. The molecule has 2 fully saturated rings. The molecule has 2 aliphatic heterocycles. The summed E-state index contributed by atoms with van der Waals surface area (Å²) in [6.07, 6.45) is 3.05. The van der Waals surface area contributed by atoms with E-state index in [4.69, 9.17) is 4.74 Å². The minimum Gasteiger partial charge on any atom is -0.448 e. The molecule has 0 aromatic heterocycles. The second-order valence-corrected chi connectivity index (χ2v) is 10.1. The highest BCUT2D eigenvalue weighted by molar-refractivity contribution is 5.98. The van der Waals surface area contributed by atoms with E-state index in [1.807, 2.05) is 29.2 Å². The molecule has 1 amide bonds. The Morgan fingerprint density at radius 3 is 2.08 bits per heavy atom. The van der Waals surface area contributed by atoms with Crippen molar-refractivity contribution in [2.45, 2.75) is 50.1 Å². The van der Waals surface area contributed by atoms with Crippen molar-refractivity contribution in [1.29, 1.82) is 0 Å². The van der Waals surface area contributed by atoms with E-state index >= 15 is 0 Å². The van der Waals surface area contributed by atoms with Crippen molar-refractivity contribution >= 4 is 11.9 Å². The molecule has 4 nitrogen and oxygen atoms in total. The fraction of sp³-hybridized carbons (Fsp3) is 0.333. The second-order valence-electron chi connectivity index (χ2n) is 10.1. The Labute approximate surface area is 208 Å². The van der Waals surface area contributed by atoms with Crippen LogP contribution in [-0.2, 0) is 4.74 Å². The molecule has 0 saturated carbocycles. The summed E-state index contributed by atoms with van der Waals surface area (Å²) < 4.78 is 33.9. The first-order valence-corrected chi connectivity index (χ1v) is 12.6. The van der Waals surface area contributed by atoms with Crippen molar-refractivity contribution in [2.24, 2.45) is 5.92 Å². The number of benzene rings is 3. The van der Waals surface area contributed by atoms with Gasteiger partial charge < -0.3 is 9.64 Å². The Kier molecular flexibility index (Phi) is 5.82. The van der Waals surface area contributed by atoms with Crippen LogP contribution in [0.15, 0.2) is 66.7 Å². The lowest BCUT2D eigenvalue weighted by molar-refractivity contribution is 0.00641. The summed E-state index contributed by atoms with van der Waals surface area (Å²) in [6.45, 7) is 0.250. The average Bonchev–Trinajstić information content (AvgIpc) is 3.21. The molecular weight excluding hydrogens is 460 g/mol. The van der Waals surface area contributed by atoms with Gasteiger partial charge in [0.15, 0.2) is 17.4 Å². The lowest BCUT2D eigenvalue weighted by Crippen LogP contribution is -2.56.